The lowest BCUT2D eigenvalue weighted by atomic mass is 9.81. The van der Waals surface area contributed by atoms with Crippen LogP contribution in [0.4, 0.5) is 0 Å². The largest absolute Gasteiger partial charge is 0.385 e. The molecule has 0 atom stereocenters. The molecule has 0 bridgehead atoms. The van der Waals surface area contributed by atoms with E-state index in [1.54, 1.807) is 0 Å². The molecule has 1 aliphatic rings. The summed E-state index contributed by atoms with van der Waals surface area (Å²) in [5.41, 5.74) is 3.38. The van der Waals surface area contributed by atoms with Gasteiger partial charge >= 0.3 is 0 Å². The molecular weight excluding hydrogens is 316 g/mol. The van der Waals surface area contributed by atoms with Crippen LogP contribution in [0.25, 0.3) is 11.1 Å². The van der Waals surface area contributed by atoms with Crippen LogP contribution in [-0.2, 0) is 0 Å². The number of allylic oxidation sites excluding steroid dienone is 1. The van der Waals surface area contributed by atoms with Crippen LogP contribution in [0.5, 0.6) is 0 Å². The topological polar surface area (TPSA) is 20.2 Å². The van der Waals surface area contributed by atoms with E-state index >= 15 is 0 Å². The maximum absolute atomic E-state index is 11.5. The van der Waals surface area contributed by atoms with Crippen molar-refractivity contribution in [1.29, 1.82) is 0 Å². The first-order chi connectivity index (χ1) is 12.7. The molecule has 1 fully saturated rings. The van der Waals surface area contributed by atoms with Crippen molar-refractivity contribution in [3.63, 3.8) is 0 Å². The van der Waals surface area contributed by atoms with E-state index in [2.05, 4.69) is 43.0 Å². The first-order valence-electron chi connectivity index (χ1n) is 9.81. The summed E-state index contributed by atoms with van der Waals surface area (Å²) in [6, 6.07) is 20.6. The molecule has 0 aromatic heterocycles. The Balaban J connectivity index is 2.20. The highest BCUT2D eigenvalue weighted by Gasteiger charge is 2.37. The number of rotatable bonds is 5. The minimum Gasteiger partial charge on any atom is -0.385 e. The second kappa shape index (κ2) is 8.88. The van der Waals surface area contributed by atoms with Crippen LogP contribution < -0.4 is 0 Å². The third-order valence-electron chi connectivity index (χ3n) is 5.14. The van der Waals surface area contributed by atoms with Gasteiger partial charge in [-0.1, -0.05) is 98.7 Å². The third kappa shape index (κ3) is 4.26. The second-order valence-corrected chi connectivity index (χ2v) is 7.13. The van der Waals surface area contributed by atoms with Crippen molar-refractivity contribution in [2.45, 2.75) is 57.5 Å². The zero-order valence-electron chi connectivity index (χ0n) is 15.7. The van der Waals surface area contributed by atoms with E-state index in [9.17, 15) is 5.11 Å². The quantitative estimate of drug-likeness (QED) is 0.395. The Labute approximate surface area is 157 Å². The summed E-state index contributed by atoms with van der Waals surface area (Å²) < 4.78 is 0. The van der Waals surface area contributed by atoms with Crippen molar-refractivity contribution in [1.82, 2.24) is 0 Å². The highest BCUT2D eigenvalue weighted by Crippen LogP contribution is 2.44. The Morgan fingerprint density at radius 3 is 2.08 bits per heavy atom. The van der Waals surface area contributed by atoms with Crippen LogP contribution in [0.15, 0.2) is 60.7 Å². The van der Waals surface area contributed by atoms with Crippen molar-refractivity contribution >= 4 is 11.1 Å². The molecular formula is C25H28O. The highest BCUT2D eigenvalue weighted by atomic mass is 16.3. The predicted octanol–water partition coefficient (Wildman–Crippen LogP) is 6.10. The lowest BCUT2D eigenvalue weighted by Gasteiger charge is -2.28. The molecule has 0 aliphatic heterocycles. The maximum Gasteiger partial charge on any atom is 0.0914 e. The molecule has 0 spiro atoms. The van der Waals surface area contributed by atoms with Gasteiger partial charge in [-0.2, -0.15) is 0 Å². The first-order valence-corrected chi connectivity index (χ1v) is 9.81. The summed E-state index contributed by atoms with van der Waals surface area (Å²) in [7, 11) is 0. The smallest absolute Gasteiger partial charge is 0.0914 e. The fourth-order valence-electron chi connectivity index (χ4n) is 3.76. The first kappa shape index (κ1) is 18.5. The molecule has 0 heterocycles. The number of benzene rings is 2. The summed E-state index contributed by atoms with van der Waals surface area (Å²) in [5.74, 6) is 6.80. The predicted molar refractivity (Wildman–Crippen MR) is 110 cm³/mol. The van der Waals surface area contributed by atoms with Crippen molar-refractivity contribution in [2.75, 3.05) is 0 Å². The van der Waals surface area contributed by atoms with Crippen molar-refractivity contribution in [2.24, 2.45) is 0 Å². The molecule has 0 amide bonds. The molecule has 1 N–H and O–H groups in total. The number of hydrogen-bond acceptors (Lipinski definition) is 1. The Bertz CT molecular complexity index is 784. The van der Waals surface area contributed by atoms with Gasteiger partial charge in [0, 0.05) is 17.6 Å². The van der Waals surface area contributed by atoms with Gasteiger partial charge in [-0.05, 0) is 30.4 Å². The lowest BCUT2D eigenvalue weighted by Crippen LogP contribution is -2.27. The molecule has 2 aromatic rings. The van der Waals surface area contributed by atoms with Gasteiger partial charge in [-0.25, -0.2) is 0 Å². The molecule has 26 heavy (non-hydrogen) atoms. The van der Waals surface area contributed by atoms with Crippen molar-refractivity contribution in [3.8, 4) is 11.8 Å². The molecule has 1 saturated carbocycles. The Morgan fingerprint density at radius 2 is 1.50 bits per heavy atom. The van der Waals surface area contributed by atoms with Crippen LogP contribution in [-0.4, -0.2) is 10.7 Å². The minimum absolute atomic E-state index is 0.786. The van der Waals surface area contributed by atoms with Gasteiger partial charge in [0.15, 0.2) is 0 Å². The van der Waals surface area contributed by atoms with Gasteiger partial charge in [0.25, 0.3) is 0 Å². The molecule has 1 aliphatic carbocycles. The molecule has 3 rings (SSSR count). The van der Waals surface area contributed by atoms with Gasteiger partial charge in [0.2, 0.25) is 0 Å². The van der Waals surface area contributed by atoms with Gasteiger partial charge in [0.05, 0.1) is 5.60 Å². The SMILES string of the molecule is CCCCC#C/C(=C(/c1ccccc1)C1(O)CCCC1)c1ccccc1. The van der Waals surface area contributed by atoms with Crippen LogP contribution in [0.2, 0.25) is 0 Å². The standard InChI is InChI=1S/C25H28O/c1-2-3-4-11-18-23(21-14-7-5-8-15-21)24(22-16-9-6-10-17-22)25(26)19-12-13-20-25/h5-10,14-17,26H,2-4,12-13,19-20H2,1H3/b24-23+. The van der Waals surface area contributed by atoms with E-state index in [0.717, 1.165) is 67.2 Å². The zero-order valence-corrected chi connectivity index (χ0v) is 15.7. The monoisotopic (exact) mass is 344 g/mol. The molecule has 2 aromatic carbocycles. The number of unbranched alkanes of at least 4 members (excludes halogenated alkanes) is 2. The maximum atomic E-state index is 11.5. The molecule has 1 heteroatoms. The number of aliphatic hydroxyl groups is 1. The van der Waals surface area contributed by atoms with E-state index in [1.165, 1.54) is 0 Å². The normalized spacial score (nSPS) is 16.5. The third-order valence-corrected chi connectivity index (χ3v) is 5.14. The molecule has 0 unspecified atom stereocenters. The second-order valence-electron chi connectivity index (χ2n) is 7.13. The van der Waals surface area contributed by atoms with E-state index in [4.69, 9.17) is 0 Å². The van der Waals surface area contributed by atoms with E-state index in [-0.39, 0.29) is 0 Å². The van der Waals surface area contributed by atoms with Gasteiger partial charge < -0.3 is 5.11 Å². The Kier molecular flexibility index (Phi) is 6.31. The van der Waals surface area contributed by atoms with Crippen molar-refractivity contribution < 1.29 is 5.11 Å². The van der Waals surface area contributed by atoms with Crippen LogP contribution in [0, 0.1) is 11.8 Å². The molecule has 0 saturated heterocycles. The number of hydrogen-bond donors (Lipinski definition) is 1. The van der Waals surface area contributed by atoms with Crippen LogP contribution in [0.1, 0.15) is 63.0 Å². The average Bonchev–Trinajstić information content (AvgIpc) is 3.13. The van der Waals surface area contributed by atoms with Crippen LogP contribution >= 0.6 is 0 Å². The van der Waals surface area contributed by atoms with E-state index in [1.807, 2.05) is 36.4 Å². The summed E-state index contributed by atoms with van der Waals surface area (Å²) >= 11 is 0. The fourth-order valence-corrected chi connectivity index (χ4v) is 3.76. The molecule has 134 valence electrons. The zero-order chi connectivity index (χ0) is 18.2. The molecule has 0 radical (unpaired) electrons. The fraction of sp³-hybridized carbons (Fsp3) is 0.360. The van der Waals surface area contributed by atoms with E-state index in [0.29, 0.717) is 0 Å². The molecule has 1 nitrogen and oxygen atoms in total. The van der Waals surface area contributed by atoms with Crippen LogP contribution in [0.3, 0.4) is 0 Å². The lowest BCUT2D eigenvalue weighted by molar-refractivity contribution is 0.110. The van der Waals surface area contributed by atoms with Gasteiger partial charge in [-0.3, -0.25) is 0 Å². The van der Waals surface area contributed by atoms with E-state index < -0.39 is 5.60 Å². The van der Waals surface area contributed by atoms with Gasteiger partial charge in [-0.15, -0.1) is 0 Å². The van der Waals surface area contributed by atoms with Crippen molar-refractivity contribution in [3.05, 3.63) is 71.8 Å². The Hall–Kier alpha value is -2.30. The summed E-state index contributed by atoms with van der Waals surface area (Å²) in [5, 5.41) is 11.5. The Morgan fingerprint density at radius 1 is 0.923 bits per heavy atom. The highest BCUT2D eigenvalue weighted by molar-refractivity contribution is 6.01. The average molecular weight is 344 g/mol. The van der Waals surface area contributed by atoms with Gasteiger partial charge in [0.1, 0.15) is 0 Å². The summed E-state index contributed by atoms with van der Waals surface area (Å²) in [4.78, 5) is 0. The summed E-state index contributed by atoms with van der Waals surface area (Å²) in [6.45, 7) is 2.19. The minimum atomic E-state index is -0.786. The summed E-state index contributed by atoms with van der Waals surface area (Å²) in [6.07, 6.45) is 6.91.